The highest BCUT2D eigenvalue weighted by molar-refractivity contribution is 5.95. The molecule has 4 rings (SSSR count). The van der Waals surface area contributed by atoms with E-state index in [4.69, 9.17) is 0 Å². The predicted octanol–water partition coefficient (Wildman–Crippen LogP) is 4.10. The molecule has 1 saturated carbocycles. The Hall–Kier alpha value is -2.95. The van der Waals surface area contributed by atoms with Crippen LogP contribution >= 0.6 is 0 Å². The summed E-state index contributed by atoms with van der Waals surface area (Å²) in [6.07, 6.45) is 6.63. The van der Waals surface area contributed by atoms with Crippen molar-refractivity contribution < 1.29 is 9.59 Å². The Labute approximate surface area is 151 Å². The van der Waals surface area contributed by atoms with E-state index < -0.39 is 0 Å². The van der Waals surface area contributed by atoms with Gasteiger partial charge in [-0.05, 0) is 43.2 Å². The molecular weight excluding hydrogens is 326 g/mol. The van der Waals surface area contributed by atoms with Gasteiger partial charge in [0.05, 0.1) is 11.0 Å². The second-order valence-electron chi connectivity index (χ2n) is 6.87. The number of hydrogen-bond acceptors (Lipinski definition) is 3. The lowest BCUT2D eigenvalue weighted by molar-refractivity contribution is 0.0927. The van der Waals surface area contributed by atoms with Crippen LogP contribution in [0.5, 0.6) is 0 Å². The molecule has 0 unspecified atom stereocenters. The Kier molecular flexibility index (Phi) is 4.52. The van der Waals surface area contributed by atoms with Crippen LogP contribution in [0, 0.1) is 0 Å². The van der Waals surface area contributed by atoms with Gasteiger partial charge in [0.1, 0.15) is 12.1 Å². The third-order valence-corrected chi connectivity index (χ3v) is 5.00. The number of hydrogen-bond donors (Lipinski definition) is 2. The number of nitrogens with zero attached hydrogens (tertiary/aromatic N) is 1. The molecule has 5 nitrogen and oxygen atoms in total. The van der Waals surface area contributed by atoms with Gasteiger partial charge >= 0.3 is 0 Å². The molecule has 0 atom stereocenters. The van der Waals surface area contributed by atoms with Crippen LogP contribution in [-0.2, 0) is 0 Å². The summed E-state index contributed by atoms with van der Waals surface area (Å²) in [6, 6.07) is 13.1. The summed E-state index contributed by atoms with van der Waals surface area (Å²) in [7, 11) is 0. The maximum absolute atomic E-state index is 12.4. The minimum Gasteiger partial charge on any atom is -0.349 e. The number of rotatable bonds is 4. The van der Waals surface area contributed by atoms with Gasteiger partial charge in [0.2, 0.25) is 0 Å². The van der Waals surface area contributed by atoms with E-state index in [-0.39, 0.29) is 5.91 Å². The van der Waals surface area contributed by atoms with Crippen LogP contribution in [0.25, 0.3) is 22.4 Å². The van der Waals surface area contributed by atoms with Gasteiger partial charge < -0.3 is 10.3 Å². The fraction of sp³-hybridized carbons (Fsp3) is 0.286. The molecule has 5 heteroatoms. The van der Waals surface area contributed by atoms with E-state index in [1.807, 2.05) is 30.3 Å². The van der Waals surface area contributed by atoms with Crippen molar-refractivity contribution in [1.29, 1.82) is 0 Å². The SMILES string of the molecule is O=Cc1ccc2nc(-c3ccc(C(=O)NC4CCCCC4)cc3)[nH]c2c1. The number of carbonyl (C=O) groups excluding carboxylic acids is 2. The molecule has 0 aliphatic heterocycles. The highest BCUT2D eigenvalue weighted by atomic mass is 16.1. The Morgan fingerprint density at radius 2 is 1.85 bits per heavy atom. The lowest BCUT2D eigenvalue weighted by Crippen LogP contribution is -2.36. The van der Waals surface area contributed by atoms with Crippen LogP contribution in [0.4, 0.5) is 0 Å². The van der Waals surface area contributed by atoms with Crippen LogP contribution in [0.3, 0.4) is 0 Å². The molecule has 3 aromatic rings. The van der Waals surface area contributed by atoms with Crippen molar-refractivity contribution >= 4 is 23.2 Å². The number of benzene rings is 2. The van der Waals surface area contributed by atoms with E-state index >= 15 is 0 Å². The first kappa shape index (κ1) is 16.5. The van der Waals surface area contributed by atoms with Crippen molar-refractivity contribution in [2.24, 2.45) is 0 Å². The van der Waals surface area contributed by atoms with Gasteiger partial charge in [0.15, 0.2) is 0 Å². The minimum absolute atomic E-state index is 0.0105. The average Bonchev–Trinajstić information content (AvgIpc) is 3.12. The molecule has 26 heavy (non-hydrogen) atoms. The third-order valence-electron chi connectivity index (χ3n) is 5.00. The van der Waals surface area contributed by atoms with E-state index in [0.29, 0.717) is 17.2 Å². The number of imidazole rings is 1. The van der Waals surface area contributed by atoms with Gasteiger partial charge in [-0.3, -0.25) is 9.59 Å². The maximum atomic E-state index is 12.4. The molecule has 1 aliphatic carbocycles. The van der Waals surface area contributed by atoms with Crippen LogP contribution in [-0.4, -0.2) is 28.2 Å². The van der Waals surface area contributed by atoms with Crippen molar-refractivity contribution in [3.63, 3.8) is 0 Å². The van der Waals surface area contributed by atoms with Crippen molar-refractivity contribution in [3.8, 4) is 11.4 Å². The van der Waals surface area contributed by atoms with Crippen LogP contribution in [0.15, 0.2) is 42.5 Å². The second kappa shape index (κ2) is 7.12. The van der Waals surface area contributed by atoms with E-state index in [1.165, 1.54) is 19.3 Å². The molecule has 1 amide bonds. The first-order chi connectivity index (χ1) is 12.7. The maximum Gasteiger partial charge on any atom is 0.251 e. The molecule has 0 radical (unpaired) electrons. The number of carbonyl (C=O) groups is 2. The van der Waals surface area contributed by atoms with Gasteiger partial charge in [-0.15, -0.1) is 0 Å². The van der Waals surface area contributed by atoms with Crippen molar-refractivity contribution in [1.82, 2.24) is 15.3 Å². The second-order valence-corrected chi connectivity index (χ2v) is 6.87. The average molecular weight is 347 g/mol. The molecule has 1 heterocycles. The predicted molar refractivity (Wildman–Crippen MR) is 101 cm³/mol. The fourth-order valence-corrected chi connectivity index (χ4v) is 3.53. The molecule has 0 bridgehead atoms. The molecule has 1 fully saturated rings. The highest BCUT2D eigenvalue weighted by Gasteiger charge is 2.16. The summed E-state index contributed by atoms with van der Waals surface area (Å²) in [6.45, 7) is 0. The summed E-state index contributed by atoms with van der Waals surface area (Å²) in [5.74, 6) is 0.714. The van der Waals surface area contributed by atoms with Gasteiger partial charge in [0, 0.05) is 22.7 Å². The highest BCUT2D eigenvalue weighted by Crippen LogP contribution is 2.22. The Bertz CT molecular complexity index is 938. The van der Waals surface area contributed by atoms with E-state index in [1.54, 1.807) is 12.1 Å². The zero-order valence-electron chi connectivity index (χ0n) is 14.5. The molecule has 2 aromatic carbocycles. The van der Waals surface area contributed by atoms with Crippen molar-refractivity contribution in [3.05, 3.63) is 53.6 Å². The van der Waals surface area contributed by atoms with Crippen LogP contribution in [0.1, 0.15) is 52.8 Å². The summed E-state index contributed by atoms with van der Waals surface area (Å²) >= 11 is 0. The molecule has 0 saturated heterocycles. The number of aromatic amines is 1. The number of amides is 1. The number of nitrogens with one attached hydrogen (secondary N) is 2. The van der Waals surface area contributed by atoms with Gasteiger partial charge in [-0.1, -0.05) is 31.4 Å². The monoisotopic (exact) mass is 347 g/mol. The Morgan fingerprint density at radius 1 is 1.08 bits per heavy atom. The largest absolute Gasteiger partial charge is 0.349 e. The standard InChI is InChI=1S/C21H21N3O2/c25-13-14-6-11-18-19(12-14)24-20(23-18)15-7-9-16(10-8-15)21(26)22-17-4-2-1-3-5-17/h6-13,17H,1-5H2,(H,22,26)(H,23,24). The minimum atomic E-state index is -0.0105. The number of aldehydes is 1. The first-order valence-electron chi connectivity index (χ1n) is 9.09. The van der Waals surface area contributed by atoms with Gasteiger partial charge in [-0.25, -0.2) is 4.98 Å². The summed E-state index contributed by atoms with van der Waals surface area (Å²) in [4.78, 5) is 31.1. The molecule has 1 aromatic heterocycles. The topological polar surface area (TPSA) is 74.8 Å². The van der Waals surface area contributed by atoms with Crippen molar-refractivity contribution in [2.75, 3.05) is 0 Å². The lowest BCUT2D eigenvalue weighted by Gasteiger charge is -2.22. The molecule has 2 N–H and O–H groups in total. The lowest BCUT2D eigenvalue weighted by atomic mass is 9.95. The number of H-pyrrole nitrogens is 1. The van der Waals surface area contributed by atoms with Crippen LogP contribution in [0.2, 0.25) is 0 Å². The van der Waals surface area contributed by atoms with Crippen LogP contribution < -0.4 is 5.32 Å². The zero-order chi connectivity index (χ0) is 17.9. The summed E-state index contributed by atoms with van der Waals surface area (Å²) < 4.78 is 0. The first-order valence-corrected chi connectivity index (χ1v) is 9.09. The Morgan fingerprint density at radius 3 is 2.58 bits per heavy atom. The van der Waals surface area contributed by atoms with E-state index in [0.717, 1.165) is 41.5 Å². The van der Waals surface area contributed by atoms with Gasteiger partial charge in [-0.2, -0.15) is 0 Å². The summed E-state index contributed by atoms with van der Waals surface area (Å²) in [5.41, 5.74) is 3.82. The van der Waals surface area contributed by atoms with Gasteiger partial charge in [0.25, 0.3) is 5.91 Å². The third kappa shape index (κ3) is 3.38. The molecule has 132 valence electrons. The molecule has 1 aliphatic rings. The Balaban J connectivity index is 1.51. The van der Waals surface area contributed by atoms with E-state index in [9.17, 15) is 9.59 Å². The normalized spacial score (nSPS) is 15.1. The smallest absolute Gasteiger partial charge is 0.251 e. The number of fused-ring (bicyclic) bond motifs is 1. The fourth-order valence-electron chi connectivity index (χ4n) is 3.53. The number of aromatic nitrogens is 2. The molecule has 0 spiro atoms. The van der Waals surface area contributed by atoms with E-state index in [2.05, 4.69) is 15.3 Å². The zero-order valence-corrected chi connectivity index (χ0v) is 14.5. The molecular formula is C21H21N3O2. The summed E-state index contributed by atoms with van der Waals surface area (Å²) in [5, 5.41) is 3.13. The quantitative estimate of drug-likeness (QED) is 0.698. The van der Waals surface area contributed by atoms with Crippen molar-refractivity contribution in [2.45, 2.75) is 38.1 Å².